The van der Waals surface area contributed by atoms with E-state index in [2.05, 4.69) is 46.8 Å². The second kappa shape index (κ2) is 6.27. The molecular formula is C12H9Br2N3O3. The second-order valence-electron chi connectivity index (χ2n) is 3.68. The third kappa shape index (κ3) is 3.13. The lowest BCUT2D eigenvalue weighted by Crippen LogP contribution is -2.21. The van der Waals surface area contributed by atoms with Crippen molar-refractivity contribution < 1.29 is 9.53 Å². The molecule has 2 heterocycles. The molecule has 0 saturated heterocycles. The van der Waals surface area contributed by atoms with Crippen LogP contribution in [-0.4, -0.2) is 27.5 Å². The quantitative estimate of drug-likeness (QED) is 0.797. The fraction of sp³-hybridized carbons (Fsp3) is 0.167. The highest BCUT2D eigenvalue weighted by Crippen LogP contribution is 2.25. The van der Waals surface area contributed by atoms with Gasteiger partial charge in [-0.25, -0.2) is 9.78 Å². The van der Waals surface area contributed by atoms with Gasteiger partial charge in [0.1, 0.15) is 11.3 Å². The van der Waals surface area contributed by atoms with Crippen LogP contribution in [0.5, 0.6) is 0 Å². The largest absolute Gasteiger partial charge is 0.462 e. The van der Waals surface area contributed by atoms with Crippen LogP contribution in [0.2, 0.25) is 0 Å². The van der Waals surface area contributed by atoms with E-state index in [-0.39, 0.29) is 18.0 Å². The minimum Gasteiger partial charge on any atom is -0.462 e. The number of hydrogen-bond donors (Lipinski definition) is 1. The van der Waals surface area contributed by atoms with Crippen molar-refractivity contribution in [2.45, 2.75) is 6.92 Å². The molecule has 2 rings (SSSR count). The highest BCUT2D eigenvalue weighted by molar-refractivity contribution is 9.11. The predicted molar refractivity (Wildman–Crippen MR) is 79.4 cm³/mol. The van der Waals surface area contributed by atoms with Gasteiger partial charge in [0.2, 0.25) is 0 Å². The van der Waals surface area contributed by atoms with Gasteiger partial charge in [-0.1, -0.05) is 0 Å². The van der Waals surface area contributed by atoms with Gasteiger partial charge in [-0.3, -0.25) is 9.78 Å². The molecule has 0 radical (unpaired) electrons. The Labute approximate surface area is 130 Å². The number of nitrogens with zero attached hydrogens (tertiary/aromatic N) is 2. The number of hydrogen-bond acceptors (Lipinski definition) is 5. The zero-order chi connectivity index (χ0) is 14.7. The number of pyridine rings is 1. The van der Waals surface area contributed by atoms with E-state index in [1.54, 1.807) is 19.2 Å². The standard InChI is InChI=1S/C12H9Br2N3O3/c1-2-20-12(19)7-5-16-10(17-11(7)18)9-8(14)3-6(13)4-15-9/h3-5H,2H2,1H3,(H,16,17,18). The topological polar surface area (TPSA) is 84.9 Å². The summed E-state index contributed by atoms with van der Waals surface area (Å²) in [7, 11) is 0. The number of aromatic nitrogens is 3. The number of esters is 1. The number of halogens is 2. The van der Waals surface area contributed by atoms with Crippen LogP contribution >= 0.6 is 31.9 Å². The van der Waals surface area contributed by atoms with Gasteiger partial charge < -0.3 is 9.72 Å². The Bertz CT molecular complexity index is 715. The van der Waals surface area contributed by atoms with Crippen LogP contribution in [-0.2, 0) is 4.74 Å². The first kappa shape index (κ1) is 14.9. The van der Waals surface area contributed by atoms with E-state index >= 15 is 0 Å². The molecule has 0 atom stereocenters. The van der Waals surface area contributed by atoms with Crippen molar-refractivity contribution in [1.82, 2.24) is 15.0 Å². The number of carbonyl (C=O) groups excluding carboxylic acids is 1. The number of H-pyrrole nitrogens is 1. The number of rotatable bonds is 3. The molecule has 0 aromatic carbocycles. The maximum absolute atomic E-state index is 11.9. The summed E-state index contributed by atoms with van der Waals surface area (Å²) >= 11 is 6.62. The van der Waals surface area contributed by atoms with Crippen LogP contribution in [0.15, 0.2) is 32.2 Å². The van der Waals surface area contributed by atoms with Gasteiger partial charge >= 0.3 is 5.97 Å². The van der Waals surface area contributed by atoms with Crippen LogP contribution in [0.4, 0.5) is 0 Å². The summed E-state index contributed by atoms with van der Waals surface area (Å²) in [4.78, 5) is 34.1. The molecule has 0 saturated carbocycles. The lowest BCUT2D eigenvalue weighted by molar-refractivity contribution is 0.0524. The Kier molecular flexibility index (Phi) is 4.66. The molecule has 0 amide bonds. The molecule has 0 fully saturated rings. The molecule has 0 spiro atoms. The minimum atomic E-state index is -0.698. The summed E-state index contributed by atoms with van der Waals surface area (Å²) < 4.78 is 6.22. The Balaban J connectivity index is 2.43. The molecule has 0 bridgehead atoms. The van der Waals surface area contributed by atoms with E-state index in [0.29, 0.717) is 10.2 Å². The van der Waals surface area contributed by atoms with Crippen molar-refractivity contribution in [3.63, 3.8) is 0 Å². The Morgan fingerprint density at radius 3 is 2.70 bits per heavy atom. The van der Waals surface area contributed by atoms with Gasteiger partial charge in [0.05, 0.1) is 6.61 Å². The molecule has 0 unspecified atom stereocenters. The van der Waals surface area contributed by atoms with E-state index in [4.69, 9.17) is 4.74 Å². The van der Waals surface area contributed by atoms with Gasteiger partial charge in [-0.2, -0.15) is 0 Å². The smallest absolute Gasteiger partial charge is 0.345 e. The Morgan fingerprint density at radius 2 is 2.10 bits per heavy atom. The zero-order valence-corrected chi connectivity index (χ0v) is 13.5. The molecule has 0 aliphatic rings. The van der Waals surface area contributed by atoms with Crippen molar-refractivity contribution in [2.24, 2.45) is 0 Å². The van der Waals surface area contributed by atoms with E-state index < -0.39 is 11.5 Å². The van der Waals surface area contributed by atoms with Crippen LogP contribution < -0.4 is 5.56 Å². The number of aromatic amines is 1. The van der Waals surface area contributed by atoms with Crippen molar-refractivity contribution in [3.8, 4) is 11.5 Å². The highest BCUT2D eigenvalue weighted by atomic mass is 79.9. The van der Waals surface area contributed by atoms with E-state index in [9.17, 15) is 9.59 Å². The van der Waals surface area contributed by atoms with Crippen LogP contribution in [0.3, 0.4) is 0 Å². The van der Waals surface area contributed by atoms with Crippen LogP contribution in [0.25, 0.3) is 11.5 Å². The Morgan fingerprint density at radius 1 is 1.35 bits per heavy atom. The summed E-state index contributed by atoms with van der Waals surface area (Å²) in [5.41, 5.74) is -0.227. The van der Waals surface area contributed by atoms with Gasteiger partial charge in [-0.15, -0.1) is 0 Å². The molecule has 2 aromatic heterocycles. The van der Waals surface area contributed by atoms with E-state index in [0.717, 1.165) is 4.47 Å². The third-order valence-electron chi connectivity index (χ3n) is 2.33. The fourth-order valence-electron chi connectivity index (χ4n) is 1.46. The molecule has 20 heavy (non-hydrogen) atoms. The van der Waals surface area contributed by atoms with Gasteiger partial charge in [0.25, 0.3) is 5.56 Å². The highest BCUT2D eigenvalue weighted by Gasteiger charge is 2.15. The average Bonchev–Trinajstić information content (AvgIpc) is 2.38. The maximum Gasteiger partial charge on any atom is 0.345 e. The number of ether oxygens (including phenoxy) is 1. The summed E-state index contributed by atoms with van der Waals surface area (Å²) in [6, 6.07) is 1.78. The average molecular weight is 403 g/mol. The molecule has 104 valence electrons. The van der Waals surface area contributed by atoms with Gasteiger partial charge in [0, 0.05) is 21.3 Å². The number of nitrogens with one attached hydrogen (secondary N) is 1. The zero-order valence-electron chi connectivity index (χ0n) is 10.3. The van der Waals surface area contributed by atoms with Crippen molar-refractivity contribution in [1.29, 1.82) is 0 Å². The first-order valence-corrected chi connectivity index (χ1v) is 7.19. The molecule has 0 aliphatic carbocycles. The summed E-state index contributed by atoms with van der Waals surface area (Å²) in [6.45, 7) is 1.86. The molecule has 8 heteroatoms. The molecule has 2 aromatic rings. The van der Waals surface area contributed by atoms with Crippen molar-refractivity contribution in [2.75, 3.05) is 6.61 Å². The molecular weight excluding hydrogens is 394 g/mol. The van der Waals surface area contributed by atoms with Gasteiger partial charge in [0.15, 0.2) is 5.82 Å². The fourth-order valence-corrected chi connectivity index (χ4v) is 2.63. The monoisotopic (exact) mass is 401 g/mol. The lowest BCUT2D eigenvalue weighted by atomic mass is 10.3. The molecule has 0 aliphatic heterocycles. The Hall–Kier alpha value is -1.54. The van der Waals surface area contributed by atoms with Crippen LogP contribution in [0.1, 0.15) is 17.3 Å². The van der Waals surface area contributed by atoms with Gasteiger partial charge in [-0.05, 0) is 44.8 Å². The lowest BCUT2D eigenvalue weighted by Gasteiger charge is -2.04. The minimum absolute atomic E-state index is 0.135. The third-order valence-corrected chi connectivity index (χ3v) is 3.36. The molecule has 1 N–H and O–H groups in total. The first-order valence-electron chi connectivity index (χ1n) is 5.60. The summed E-state index contributed by atoms with van der Waals surface area (Å²) in [6.07, 6.45) is 2.77. The predicted octanol–water partition coefficient (Wildman–Crippen LogP) is 2.53. The summed E-state index contributed by atoms with van der Waals surface area (Å²) in [5, 5.41) is 0. The van der Waals surface area contributed by atoms with E-state index in [1.165, 1.54) is 6.20 Å². The summed E-state index contributed by atoms with van der Waals surface area (Å²) in [5.74, 6) is -0.432. The second-order valence-corrected chi connectivity index (χ2v) is 5.45. The number of carbonyl (C=O) groups is 1. The molecule has 6 nitrogen and oxygen atoms in total. The van der Waals surface area contributed by atoms with Crippen LogP contribution in [0, 0.1) is 0 Å². The van der Waals surface area contributed by atoms with Crippen molar-refractivity contribution >= 4 is 37.8 Å². The van der Waals surface area contributed by atoms with E-state index in [1.807, 2.05) is 0 Å². The van der Waals surface area contributed by atoms with Crippen molar-refractivity contribution in [3.05, 3.63) is 43.3 Å². The SMILES string of the molecule is CCOC(=O)c1cnc(-c2ncc(Br)cc2Br)[nH]c1=O. The maximum atomic E-state index is 11.9. The first-order chi connectivity index (χ1) is 9.52. The normalized spacial score (nSPS) is 10.3.